The highest BCUT2D eigenvalue weighted by atomic mass is 16.5. The van der Waals surface area contributed by atoms with E-state index in [2.05, 4.69) is 35.6 Å². The zero-order valence-electron chi connectivity index (χ0n) is 12.5. The lowest BCUT2D eigenvalue weighted by Crippen LogP contribution is -2.38. The quantitative estimate of drug-likeness (QED) is 0.776. The second-order valence-corrected chi connectivity index (χ2v) is 5.20. The Morgan fingerprint density at radius 2 is 2.30 bits per heavy atom. The predicted molar refractivity (Wildman–Crippen MR) is 79.4 cm³/mol. The van der Waals surface area contributed by atoms with Gasteiger partial charge in [0.1, 0.15) is 11.9 Å². The number of aryl methyl sites for hydroxylation is 1. The van der Waals surface area contributed by atoms with Gasteiger partial charge in [0.2, 0.25) is 0 Å². The molecule has 0 amide bonds. The van der Waals surface area contributed by atoms with Crippen LogP contribution in [0, 0.1) is 0 Å². The van der Waals surface area contributed by atoms with E-state index in [1.807, 2.05) is 6.07 Å². The van der Waals surface area contributed by atoms with Crippen LogP contribution in [0.1, 0.15) is 32.3 Å². The van der Waals surface area contributed by atoms with E-state index < -0.39 is 0 Å². The molecule has 1 aliphatic rings. The minimum Gasteiger partial charge on any atom is -0.487 e. The molecule has 0 aliphatic carbocycles. The molecule has 20 heavy (non-hydrogen) atoms. The van der Waals surface area contributed by atoms with Crippen LogP contribution in [0.2, 0.25) is 0 Å². The van der Waals surface area contributed by atoms with E-state index in [4.69, 9.17) is 4.74 Å². The molecular weight excluding hydrogens is 254 g/mol. The van der Waals surface area contributed by atoms with Gasteiger partial charge in [0.05, 0.1) is 19.3 Å². The van der Waals surface area contributed by atoms with Gasteiger partial charge in [-0.3, -0.25) is 4.79 Å². The van der Waals surface area contributed by atoms with Gasteiger partial charge in [0.25, 0.3) is 0 Å². The zero-order valence-corrected chi connectivity index (χ0v) is 12.5. The van der Waals surface area contributed by atoms with Crippen LogP contribution in [0.4, 0.5) is 5.69 Å². The molecule has 0 radical (unpaired) electrons. The number of carbonyl (C=O) groups is 1. The highest BCUT2D eigenvalue weighted by molar-refractivity contribution is 5.69. The molecule has 110 valence electrons. The van der Waals surface area contributed by atoms with Crippen molar-refractivity contribution in [2.75, 3.05) is 25.1 Å². The van der Waals surface area contributed by atoms with Crippen molar-refractivity contribution in [3.8, 4) is 5.75 Å². The van der Waals surface area contributed by atoms with Crippen molar-refractivity contribution in [2.24, 2.45) is 0 Å². The summed E-state index contributed by atoms with van der Waals surface area (Å²) in [5, 5.41) is 0. The lowest BCUT2D eigenvalue weighted by Gasteiger charge is -2.34. The first kappa shape index (κ1) is 14.7. The topological polar surface area (TPSA) is 38.8 Å². The van der Waals surface area contributed by atoms with Gasteiger partial charge >= 0.3 is 5.97 Å². The van der Waals surface area contributed by atoms with Crippen LogP contribution < -0.4 is 9.64 Å². The second-order valence-electron chi connectivity index (χ2n) is 5.20. The van der Waals surface area contributed by atoms with E-state index >= 15 is 0 Å². The zero-order chi connectivity index (χ0) is 14.5. The van der Waals surface area contributed by atoms with Crippen molar-refractivity contribution in [3.05, 3.63) is 23.8 Å². The van der Waals surface area contributed by atoms with Crippen LogP contribution in [0.15, 0.2) is 18.2 Å². The molecule has 0 aromatic heterocycles. The summed E-state index contributed by atoms with van der Waals surface area (Å²) in [6, 6.07) is 6.31. The fraction of sp³-hybridized carbons (Fsp3) is 0.562. The van der Waals surface area contributed by atoms with Crippen molar-refractivity contribution in [3.63, 3.8) is 0 Å². The molecule has 1 aromatic carbocycles. The summed E-state index contributed by atoms with van der Waals surface area (Å²) in [4.78, 5) is 13.5. The van der Waals surface area contributed by atoms with E-state index in [0.29, 0.717) is 6.42 Å². The largest absolute Gasteiger partial charge is 0.487 e. The lowest BCUT2D eigenvalue weighted by molar-refractivity contribution is -0.140. The molecule has 1 unspecified atom stereocenters. The fourth-order valence-corrected chi connectivity index (χ4v) is 2.57. The average molecular weight is 277 g/mol. The second kappa shape index (κ2) is 6.64. The third-order valence-corrected chi connectivity index (χ3v) is 3.63. The first-order valence-corrected chi connectivity index (χ1v) is 7.25. The van der Waals surface area contributed by atoms with E-state index in [1.54, 1.807) is 0 Å². The summed E-state index contributed by atoms with van der Waals surface area (Å²) in [6.07, 6.45) is 2.40. The molecule has 4 nitrogen and oxygen atoms in total. The minimum absolute atomic E-state index is 0.143. The van der Waals surface area contributed by atoms with Crippen LogP contribution in [0.25, 0.3) is 0 Å². The van der Waals surface area contributed by atoms with Crippen molar-refractivity contribution < 1.29 is 14.3 Å². The fourth-order valence-electron chi connectivity index (χ4n) is 2.57. The number of ether oxygens (including phenoxy) is 2. The molecule has 4 heteroatoms. The number of methoxy groups -OCH3 is 1. The first-order chi connectivity index (χ1) is 9.63. The number of hydrogen-bond acceptors (Lipinski definition) is 4. The summed E-state index contributed by atoms with van der Waals surface area (Å²) in [5.41, 5.74) is 2.41. The lowest BCUT2D eigenvalue weighted by atomic mass is 10.1. The Morgan fingerprint density at radius 1 is 1.50 bits per heavy atom. The third-order valence-electron chi connectivity index (χ3n) is 3.63. The Hall–Kier alpha value is -1.71. The Morgan fingerprint density at radius 3 is 3.00 bits per heavy atom. The summed E-state index contributed by atoms with van der Waals surface area (Å²) in [5.74, 6) is 0.817. The normalized spacial score (nSPS) is 17.4. The van der Waals surface area contributed by atoms with Crippen LogP contribution in [-0.4, -0.2) is 32.3 Å². The smallest absolute Gasteiger partial charge is 0.305 e. The van der Waals surface area contributed by atoms with Crippen LogP contribution in [0.5, 0.6) is 5.75 Å². The summed E-state index contributed by atoms with van der Waals surface area (Å²) in [7, 11) is 1.43. The average Bonchev–Trinajstić information content (AvgIpc) is 2.46. The van der Waals surface area contributed by atoms with Crippen molar-refractivity contribution in [2.45, 2.75) is 39.2 Å². The first-order valence-electron chi connectivity index (χ1n) is 7.25. The number of esters is 1. The molecule has 1 aromatic rings. The van der Waals surface area contributed by atoms with Gasteiger partial charge in [-0.1, -0.05) is 6.07 Å². The summed E-state index contributed by atoms with van der Waals surface area (Å²) in [6.45, 7) is 6.16. The van der Waals surface area contributed by atoms with Gasteiger partial charge in [0, 0.05) is 13.0 Å². The molecular formula is C16H23NO3. The molecule has 1 atom stereocenters. The molecule has 0 spiro atoms. The molecule has 0 bridgehead atoms. The Balaban J connectivity index is 2.04. The maximum absolute atomic E-state index is 11.1. The van der Waals surface area contributed by atoms with Crippen molar-refractivity contribution in [1.29, 1.82) is 0 Å². The van der Waals surface area contributed by atoms with Gasteiger partial charge in [0.15, 0.2) is 0 Å². The summed E-state index contributed by atoms with van der Waals surface area (Å²) < 4.78 is 10.5. The Bertz CT molecular complexity index is 473. The van der Waals surface area contributed by atoms with Crippen LogP contribution in [0.3, 0.4) is 0 Å². The van der Waals surface area contributed by atoms with E-state index in [1.165, 1.54) is 18.4 Å². The minimum atomic E-state index is -0.143. The van der Waals surface area contributed by atoms with Crippen LogP contribution in [-0.2, 0) is 16.0 Å². The maximum Gasteiger partial charge on any atom is 0.305 e. The van der Waals surface area contributed by atoms with E-state index in [0.717, 1.165) is 31.7 Å². The number of carbonyl (C=O) groups excluding carboxylic acids is 1. The standard InChI is InChI=1S/C16H23NO3/c1-4-17-11-12(2)20-15-9-8-13(10-14(15)17)6-5-7-16(18)19-3/h8-10,12H,4-7,11H2,1-3H3. The summed E-state index contributed by atoms with van der Waals surface area (Å²) >= 11 is 0. The molecule has 0 saturated heterocycles. The monoisotopic (exact) mass is 277 g/mol. The molecule has 2 rings (SSSR count). The number of likely N-dealkylation sites (N-methyl/N-ethyl adjacent to an activating group) is 1. The SMILES string of the molecule is CCN1CC(C)Oc2ccc(CCCC(=O)OC)cc21. The number of fused-ring (bicyclic) bond motifs is 1. The Kier molecular flexibility index (Phi) is 4.88. The van der Waals surface area contributed by atoms with Crippen LogP contribution >= 0.6 is 0 Å². The molecule has 0 fully saturated rings. The van der Waals surface area contributed by atoms with Gasteiger partial charge in [-0.25, -0.2) is 0 Å². The predicted octanol–water partition coefficient (Wildman–Crippen LogP) is 2.79. The van der Waals surface area contributed by atoms with E-state index in [-0.39, 0.29) is 12.1 Å². The van der Waals surface area contributed by atoms with Gasteiger partial charge in [-0.15, -0.1) is 0 Å². The molecule has 0 N–H and O–H groups in total. The van der Waals surface area contributed by atoms with Gasteiger partial charge < -0.3 is 14.4 Å². The van der Waals surface area contributed by atoms with Crippen molar-refractivity contribution in [1.82, 2.24) is 0 Å². The van der Waals surface area contributed by atoms with Crippen molar-refractivity contribution >= 4 is 11.7 Å². The highest BCUT2D eigenvalue weighted by Gasteiger charge is 2.21. The molecule has 1 heterocycles. The number of hydrogen-bond donors (Lipinski definition) is 0. The number of nitrogens with zero attached hydrogens (tertiary/aromatic N) is 1. The third kappa shape index (κ3) is 3.44. The van der Waals surface area contributed by atoms with E-state index in [9.17, 15) is 4.79 Å². The highest BCUT2D eigenvalue weighted by Crippen LogP contribution is 2.34. The molecule has 1 aliphatic heterocycles. The Labute approximate surface area is 120 Å². The molecule has 0 saturated carbocycles. The van der Waals surface area contributed by atoms with Gasteiger partial charge in [-0.05, 0) is 44.4 Å². The number of benzene rings is 1. The maximum atomic E-state index is 11.1. The van der Waals surface area contributed by atoms with Gasteiger partial charge in [-0.2, -0.15) is 0 Å². The number of anilines is 1. The number of rotatable bonds is 5.